The lowest BCUT2D eigenvalue weighted by Crippen LogP contribution is -1.81. The van der Waals surface area contributed by atoms with Crippen LogP contribution in [0.3, 0.4) is 0 Å². The molecule has 0 aliphatic carbocycles. The highest BCUT2D eigenvalue weighted by molar-refractivity contribution is 8.12. The Balaban J connectivity index is 3.61. The Bertz CT molecular complexity index is 86.9. The summed E-state index contributed by atoms with van der Waals surface area (Å²) in [7, 11) is 0. The molecular formula is C3H8ClOPS. The summed E-state index contributed by atoms with van der Waals surface area (Å²) in [5.41, 5.74) is 0.249. The van der Waals surface area contributed by atoms with Gasteiger partial charge in [0.1, 0.15) is 0 Å². The van der Waals surface area contributed by atoms with E-state index in [4.69, 9.17) is 16.5 Å². The Morgan fingerprint density at radius 3 is 2.29 bits per heavy atom. The second kappa shape index (κ2) is 3.03. The number of hydrogen-bond acceptors (Lipinski definition) is 1. The van der Waals surface area contributed by atoms with E-state index in [1.807, 2.05) is 6.92 Å². The maximum absolute atomic E-state index is 8.93. The highest BCUT2D eigenvalue weighted by Gasteiger charge is 2.04. The van der Waals surface area contributed by atoms with Crippen LogP contribution in [-0.2, 0) is 11.8 Å². The number of alkyl halides is 1. The van der Waals surface area contributed by atoms with Gasteiger partial charge in [-0.1, -0.05) is 18.7 Å². The van der Waals surface area contributed by atoms with Gasteiger partial charge in [-0.25, -0.2) is 0 Å². The zero-order chi connectivity index (χ0) is 5.91. The summed E-state index contributed by atoms with van der Waals surface area (Å²) >= 11 is 9.97. The molecule has 0 saturated heterocycles. The van der Waals surface area contributed by atoms with E-state index in [-0.39, 0.29) is 5.62 Å². The van der Waals surface area contributed by atoms with Gasteiger partial charge in [0, 0.05) is 0 Å². The SMILES string of the molecule is CCP(O)(=S)CCl. The van der Waals surface area contributed by atoms with Crippen LogP contribution in [0.15, 0.2) is 0 Å². The van der Waals surface area contributed by atoms with Gasteiger partial charge in [-0.15, -0.1) is 11.6 Å². The van der Waals surface area contributed by atoms with Gasteiger partial charge in [0.05, 0.1) is 11.9 Å². The van der Waals surface area contributed by atoms with E-state index < -0.39 is 6.26 Å². The first kappa shape index (κ1) is 7.90. The molecule has 44 valence electrons. The molecule has 0 saturated carbocycles. The molecule has 0 bridgehead atoms. The molecule has 4 heteroatoms. The summed E-state index contributed by atoms with van der Waals surface area (Å²) in [6.45, 7) is 1.85. The highest BCUT2D eigenvalue weighted by Crippen LogP contribution is 2.40. The first-order chi connectivity index (χ1) is 3.12. The lowest BCUT2D eigenvalue weighted by atomic mass is 11.0. The van der Waals surface area contributed by atoms with Gasteiger partial charge in [0.15, 0.2) is 0 Å². The van der Waals surface area contributed by atoms with Crippen molar-refractivity contribution in [2.75, 3.05) is 11.8 Å². The first-order valence-corrected chi connectivity index (χ1v) is 5.65. The maximum atomic E-state index is 8.93. The minimum Gasteiger partial charge on any atom is -0.364 e. The standard InChI is InChI=1S/C3H8ClOPS/c1-2-6(5,7)3-4/h2-3H2,1H3,(H,5,7). The third-order valence-electron chi connectivity index (χ3n) is 0.681. The maximum Gasteiger partial charge on any atom is 0.0774 e. The van der Waals surface area contributed by atoms with Crippen LogP contribution in [-0.4, -0.2) is 16.7 Å². The van der Waals surface area contributed by atoms with Crippen LogP contribution < -0.4 is 0 Å². The van der Waals surface area contributed by atoms with Crippen molar-refractivity contribution < 1.29 is 4.89 Å². The van der Waals surface area contributed by atoms with E-state index in [1.165, 1.54) is 0 Å². The average Bonchev–Trinajstić information content (AvgIpc) is 1.68. The van der Waals surface area contributed by atoms with Crippen molar-refractivity contribution in [3.05, 3.63) is 0 Å². The van der Waals surface area contributed by atoms with Gasteiger partial charge in [0.2, 0.25) is 0 Å². The molecule has 0 aliphatic rings. The Labute approximate surface area is 53.8 Å². The third-order valence-corrected chi connectivity index (χ3v) is 4.82. The van der Waals surface area contributed by atoms with Gasteiger partial charge in [0.25, 0.3) is 0 Å². The van der Waals surface area contributed by atoms with Gasteiger partial charge in [-0.3, -0.25) is 0 Å². The molecule has 0 aromatic heterocycles. The second-order valence-corrected chi connectivity index (χ2v) is 6.60. The van der Waals surface area contributed by atoms with Crippen molar-refractivity contribution >= 4 is 29.7 Å². The monoisotopic (exact) mass is 158 g/mol. The van der Waals surface area contributed by atoms with E-state index in [9.17, 15) is 0 Å². The van der Waals surface area contributed by atoms with Gasteiger partial charge >= 0.3 is 0 Å². The van der Waals surface area contributed by atoms with E-state index in [0.717, 1.165) is 0 Å². The second-order valence-electron chi connectivity index (χ2n) is 1.28. The molecule has 1 unspecified atom stereocenters. The van der Waals surface area contributed by atoms with Crippen LogP contribution in [0.25, 0.3) is 0 Å². The molecule has 0 rings (SSSR count). The predicted octanol–water partition coefficient (Wildman–Crippen LogP) is 1.59. The van der Waals surface area contributed by atoms with Crippen LogP contribution in [0.5, 0.6) is 0 Å². The molecular weight excluding hydrogens is 151 g/mol. The summed E-state index contributed by atoms with van der Waals surface area (Å²) in [5, 5.41) is 0. The van der Waals surface area contributed by atoms with Crippen LogP contribution in [0, 0.1) is 0 Å². The van der Waals surface area contributed by atoms with E-state index >= 15 is 0 Å². The average molecular weight is 159 g/mol. The molecule has 7 heavy (non-hydrogen) atoms. The Morgan fingerprint density at radius 2 is 2.29 bits per heavy atom. The van der Waals surface area contributed by atoms with Crippen LogP contribution >= 0.6 is 17.9 Å². The minimum atomic E-state index is -2.06. The number of rotatable bonds is 2. The normalized spacial score (nSPS) is 18.7. The highest BCUT2D eigenvalue weighted by atomic mass is 35.5. The Morgan fingerprint density at radius 1 is 1.86 bits per heavy atom. The van der Waals surface area contributed by atoms with Crippen molar-refractivity contribution in [1.29, 1.82) is 0 Å². The fraction of sp³-hybridized carbons (Fsp3) is 1.00. The van der Waals surface area contributed by atoms with E-state index in [1.54, 1.807) is 0 Å². The first-order valence-electron chi connectivity index (χ1n) is 1.99. The molecule has 1 atom stereocenters. The molecule has 0 amide bonds. The Kier molecular flexibility index (Phi) is 3.42. The summed E-state index contributed by atoms with van der Waals surface area (Å²) in [6.07, 6.45) is -1.41. The topological polar surface area (TPSA) is 20.2 Å². The number of hydrogen-bond donors (Lipinski definition) is 1. The van der Waals surface area contributed by atoms with E-state index in [0.29, 0.717) is 6.16 Å². The molecule has 1 nitrogen and oxygen atoms in total. The molecule has 0 aliphatic heterocycles. The summed E-state index contributed by atoms with van der Waals surface area (Å²) in [6, 6.07) is 0. The van der Waals surface area contributed by atoms with Crippen molar-refractivity contribution in [3.63, 3.8) is 0 Å². The predicted molar refractivity (Wildman–Crippen MR) is 37.8 cm³/mol. The molecule has 1 N–H and O–H groups in total. The summed E-state index contributed by atoms with van der Waals surface area (Å²) in [4.78, 5) is 8.93. The third kappa shape index (κ3) is 3.48. The van der Waals surface area contributed by atoms with E-state index in [2.05, 4.69) is 11.8 Å². The lowest BCUT2D eigenvalue weighted by molar-refractivity contribution is 0.627. The smallest absolute Gasteiger partial charge is 0.0774 e. The molecule has 0 radical (unpaired) electrons. The van der Waals surface area contributed by atoms with Gasteiger partial charge in [-0.05, 0) is 6.16 Å². The van der Waals surface area contributed by atoms with Crippen molar-refractivity contribution in [1.82, 2.24) is 0 Å². The fourth-order valence-electron chi connectivity index (χ4n) is 0.0845. The molecule has 0 spiro atoms. The van der Waals surface area contributed by atoms with Gasteiger partial charge in [-0.2, -0.15) is 0 Å². The minimum absolute atomic E-state index is 0.249. The zero-order valence-electron chi connectivity index (χ0n) is 4.09. The molecule has 0 heterocycles. The zero-order valence-corrected chi connectivity index (χ0v) is 6.56. The summed E-state index contributed by atoms with van der Waals surface area (Å²) < 4.78 is 0. The van der Waals surface area contributed by atoms with Crippen molar-refractivity contribution in [3.8, 4) is 0 Å². The molecule has 0 aromatic rings. The Hall–Kier alpha value is 0.900. The summed E-state index contributed by atoms with van der Waals surface area (Å²) in [5.74, 6) is 0. The van der Waals surface area contributed by atoms with Crippen LogP contribution in [0.4, 0.5) is 0 Å². The van der Waals surface area contributed by atoms with Crippen molar-refractivity contribution in [2.24, 2.45) is 0 Å². The number of halogens is 1. The quantitative estimate of drug-likeness (QED) is 0.487. The molecule has 0 fully saturated rings. The lowest BCUT2D eigenvalue weighted by Gasteiger charge is -2.04. The van der Waals surface area contributed by atoms with Gasteiger partial charge < -0.3 is 4.89 Å². The largest absolute Gasteiger partial charge is 0.364 e. The van der Waals surface area contributed by atoms with Crippen molar-refractivity contribution in [2.45, 2.75) is 6.92 Å². The molecule has 0 aromatic carbocycles. The van der Waals surface area contributed by atoms with Crippen LogP contribution in [0.1, 0.15) is 6.92 Å². The fourth-order valence-corrected chi connectivity index (χ4v) is 0.761. The van der Waals surface area contributed by atoms with Crippen LogP contribution in [0.2, 0.25) is 0 Å².